The van der Waals surface area contributed by atoms with Gasteiger partial charge in [-0.25, -0.2) is 0 Å². The third-order valence-electron chi connectivity index (χ3n) is 4.28. The monoisotopic (exact) mass is 450 g/mol. The molecule has 168 valence electrons. The summed E-state index contributed by atoms with van der Waals surface area (Å²) in [5.74, 6) is -4.11. The third-order valence-corrected chi connectivity index (χ3v) is 4.28. The van der Waals surface area contributed by atoms with Gasteiger partial charge in [0.05, 0.1) is 18.1 Å². The third kappa shape index (κ3) is 4.97. The molecule has 0 fully saturated rings. The standard InChI is InChI=1S/C18H16F6N4O3/c1-4-10(14-26-27-16(30-14)18(22,23)24)7-29-12-9(3)5-8(2)6-11(12)13-25-15(31-28-13)17(19,20)21/h5-6,10H,4,7H2,1-3H3. The van der Waals surface area contributed by atoms with E-state index in [0.29, 0.717) is 17.5 Å². The lowest BCUT2D eigenvalue weighted by molar-refractivity contribution is -0.159. The Labute approximate surface area is 171 Å². The first-order valence-electron chi connectivity index (χ1n) is 8.96. The second-order valence-corrected chi connectivity index (χ2v) is 6.74. The summed E-state index contributed by atoms with van der Waals surface area (Å²) in [5.41, 5.74) is 1.41. The highest BCUT2D eigenvalue weighted by atomic mass is 19.4. The van der Waals surface area contributed by atoms with Crippen LogP contribution in [0.5, 0.6) is 5.75 Å². The Kier molecular flexibility index (Phi) is 5.96. The van der Waals surface area contributed by atoms with E-state index in [1.807, 2.05) is 0 Å². The molecule has 0 amide bonds. The number of ether oxygens (including phenoxy) is 1. The maximum Gasteiger partial charge on any atom is 0.471 e. The minimum atomic E-state index is -4.81. The Hall–Kier alpha value is -3.12. The van der Waals surface area contributed by atoms with Gasteiger partial charge in [0.25, 0.3) is 0 Å². The van der Waals surface area contributed by atoms with Crippen LogP contribution in [0.4, 0.5) is 26.3 Å². The zero-order chi connectivity index (χ0) is 23.0. The minimum Gasteiger partial charge on any atom is -0.492 e. The maximum atomic E-state index is 12.8. The Balaban J connectivity index is 1.89. The normalized spacial score (nSPS) is 13.5. The van der Waals surface area contributed by atoms with E-state index in [0.717, 1.165) is 0 Å². The first-order valence-corrected chi connectivity index (χ1v) is 8.96. The first kappa shape index (κ1) is 22.6. The quantitative estimate of drug-likeness (QED) is 0.468. The van der Waals surface area contributed by atoms with Gasteiger partial charge in [0, 0.05) is 0 Å². The molecule has 0 aliphatic carbocycles. The summed E-state index contributed by atoms with van der Waals surface area (Å²) in [6, 6.07) is 3.24. The van der Waals surface area contributed by atoms with Gasteiger partial charge in [0.1, 0.15) is 5.75 Å². The minimum absolute atomic E-state index is 0.146. The van der Waals surface area contributed by atoms with Crippen molar-refractivity contribution in [2.75, 3.05) is 6.61 Å². The van der Waals surface area contributed by atoms with Crippen LogP contribution in [0.25, 0.3) is 11.4 Å². The highest BCUT2D eigenvalue weighted by Crippen LogP contribution is 2.36. The molecule has 0 spiro atoms. The average molecular weight is 450 g/mol. The molecule has 0 N–H and O–H groups in total. The summed E-state index contributed by atoms with van der Waals surface area (Å²) in [7, 11) is 0. The molecule has 31 heavy (non-hydrogen) atoms. The first-order chi connectivity index (χ1) is 14.4. The molecule has 1 aromatic carbocycles. The fourth-order valence-corrected chi connectivity index (χ4v) is 2.82. The van der Waals surface area contributed by atoms with Gasteiger partial charge in [-0.05, 0) is 37.5 Å². The molecule has 0 aliphatic rings. The van der Waals surface area contributed by atoms with Gasteiger partial charge in [-0.3, -0.25) is 0 Å². The molecule has 0 saturated carbocycles. The summed E-state index contributed by atoms with van der Waals surface area (Å²) in [6.45, 7) is 4.89. The zero-order valence-electron chi connectivity index (χ0n) is 16.4. The van der Waals surface area contributed by atoms with E-state index in [4.69, 9.17) is 9.15 Å². The fourth-order valence-electron chi connectivity index (χ4n) is 2.82. The molecular formula is C18H16F6N4O3. The molecule has 7 nitrogen and oxygen atoms in total. The van der Waals surface area contributed by atoms with Gasteiger partial charge >= 0.3 is 24.1 Å². The molecule has 3 rings (SSSR count). The predicted molar refractivity (Wildman–Crippen MR) is 92.0 cm³/mol. The number of alkyl halides is 6. The van der Waals surface area contributed by atoms with E-state index < -0.39 is 30.1 Å². The number of halogens is 6. The van der Waals surface area contributed by atoms with Crippen molar-refractivity contribution in [3.8, 4) is 17.1 Å². The fraction of sp³-hybridized carbons (Fsp3) is 0.444. The van der Waals surface area contributed by atoms with Crippen LogP contribution in [0.1, 0.15) is 48.1 Å². The summed E-state index contributed by atoms with van der Waals surface area (Å²) in [4.78, 5) is 3.38. The van der Waals surface area contributed by atoms with Crippen LogP contribution < -0.4 is 4.74 Å². The lowest BCUT2D eigenvalue weighted by Gasteiger charge is -2.17. The number of aromatic nitrogens is 4. The molecule has 2 heterocycles. The van der Waals surface area contributed by atoms with Gasteiger partial charge in [0.2, 0.25) is 11.7 Å². The highest BCUT2D eigenvalue weighted by molar-refractivity contribution is 5.67. The van der Waals surface area contributed by atoms with Crippen molar-refractivity contribution in [2.45, 2.75) is 45.5 Å². The number of nitrogens with zero attached hydrogens (tertiary/aromatic N) is 4. The lowest BCUT2D eigenvalue weighted by Crippen LogP contribution is -2.12. The van der Waals surface area contributed by atoms with E-state index in [-0.39, 0.29) is 29.6 Å². The SMILES string of the molecule is CCC(COc1c(C)cc(C)cc1-c1noc(C(F)(F)F)n1)c1nnc(C(F)(F)F)o1. The van der Waals surface area contributed by atoms with Crippen LogP contribution in [0.3, 0.4) is 0 Å². The Bertz CT molecular complexity index is 1060. The van der Waals surface area contributed by atoms with E-state index in [1.54, 1.807) is 26.8 Å². The second kappa shape index (κ2) is 8.19. The Morgan fingerprint density at radius 3 is 2.23 bits per heavy atom. The Morgan fingerprint density at radius 1 is 1.00 bits per heavy atom. The largest absolute Gasteiger partial charge is 0.492 e. The topological polar surface area (TPSA) is 87.1 Å². The number of aryl methyl sites for hydroxylation is 2. The van der Waals surface area contributed by atoms with Gasteiger partial charge in [-0.15, -0.1) is 10.2 Å². The molecule has 0 saturated heterocycles. The van der Waals surface area contributed by atoms with Crippen LogP contribution in [0, 0.1) is 13.8 Å². The van der Waals surface area contributed by atoms with E-state index in [2.05, 4.69) is 24.9 Å². The van der Waals surface area contributed by atoms with Crippen LogP contribution >= 0.6 is 0 Å². The molecule has 0 bridgehead atoms. The zero-order valence-corrected chi connectivity index (χ0v) is 16.4. The molecule has 0 aliphatic heterocycles. The van der Waals surface area contributed by atoms with E-state index >= 15 is 0 Å². The second-order valence-electron chi connectivity index (χ2n) is 6.74. The van der Waals surface area contributed by atoms with E-state index in [1.165, 1.54) is 6.07 Å². The molecule has 1 atom stereocenters. The van der Waals surface area contributed by atoms with Crippen LogP contribution in [-0.4, -0.2) is 26.9 Å². The molecular weight excluding hydrogens is 434 g/mol. The summed E-state index contributed by atoms with van der Waals surface area (Å²) < 4.78 is 91.3. The van der Waals surface area contributed by atoms with Crippen molar-refractivity contribution in [2.24, 2.45) is 0 Å². The average Bonchev–Trinajstić information content (AvgIpc) is 3.32. The number of hydrogen-bond donors (Lipinski definition) is 0. The predicted octanol–water partition coefficient (Wildman–Crippen LogP) is 5.35. The van der Waals surface area contributed by atoms with Gasteiger partial charge in [-0.1, -0.05) is 18.1 Å². The Morgan fingerprint density at radius 2 is 1.68 bits per heavy atom. The molecule has 13 heteroatoms. The van der Waals surface area contributed by atoms with Crippen LogP contribution in [-0.2, 0) is 12.4 Å². The van der Waals surface area contributed by atoms with Crippen molar-refractivity contribution in [1.82, 2.24) is 20.3 Å². The highest BCUT2D eigenvalue weighted by Gasteiger charge is 2.40. The molecule has 3 aromatic rings. The van der Waals surface area contributed by atoms with Crippen molar-refractivity contribution in [3.63, 3.8) is 0 Å². The number of rotatable bonds is 6. The van der Waals surface area contributed by atoms with Crippen LogP contribution in [0.15, 0.2) is 21.1 Å². The van der Waals surface area contributed by atoms with Crippen LogP contribution in [0.2, 0.25) is 0 Å². The van der Waals surface area contributed by atoms with Gasteiger partial charge in [0.15, 0.2) is 0 Å². The summed E-state index contributed by atoms with van der Waals surface area (Å²) in [5, 5.41) is 9.81. The molecule has 1 unspecified atom stereocenters. The number of hydrogen-bond acceptors (Lipinski definition) is 7. The smallest absolute Gasteiger partial charge is 0.471 e. The van der Waals surface area contributed by atoms with Crippen molar-refractivity contribution < 1.29 is 40.0 Å². The summed E-state index contributed by atoms with van der Waals surface area (Å²) in [6.07, 6.45) is -9.29. The molecule has 0 radical (unpaired) electrons. The van der Waals surface area contributed by atoms with Gasteiger partial charge < -0.3 is 13.7 Å². The van der Waals surface area contributed by atoms with Crippen molar-refractivity contribution in [3.05, 3.63) is 40.9 Å². The van der Waals surface area contributed by atoms with Gasteiger partial charge in [-0.2, -0.15) is 31.3 Å². The summed E-state index contributed by atoms with van der Waals surface area (Å²) >= 11 is 0. The van der Waals surface area contributed by atoms with Crippen molar-refractivity contribution in [1.29, 1.82) is 0 Å². The number of benzene rings is 1. The van der Waals surface area contributed by atoms with E-state index in [9.17, 15) is 26.3 Å². The van der Waals surface area contributed by atoms with Crippen molar-refractivity contribution >= 4 is 0 Å². The molecule has 2 aromatic heterocycles. The maximum absolute atomic E-state index is 12.8. The lowest BCUT2D eigenvalue weighted by atomic mass is 10.0.